The molecule has 1 atom stereocenters. The quantitative estimate of drug-likeness (QED) is 0.753. The van der Waals surface area contributed by atoms with Gasteiger partial charge < -0.3 is 9.84 Å². The minimum absolute atomic E-state index is 0. The van der Waals surface area contributed by atoms with E-state index in [9.17, 15) is 9.90 Å². The standard InChI is InChI=1S/C9H11NO3.ClH/c1-13-9(12)8(11)6-7-2-4-10-5-3-7;/h2-5,8,11H,6H2,1H3;1H. The van der Waals surface area contributed by atoms with Gasteiger partial charge in [-0.2, -0.15) is 0 Å². The van der Waals surface area contributed by atoms with Gasteiger partial charge in [0.1, 0.15) is 0 Å². The second-order valence-corrected chi connectivity index (χ2v) is 2.60. The lowest BCUT2D eigenvalue weighted by Gasteiger charge is -2.07. The molecular formula is C9H12ClNO3. The molecule has 1 aromatic heterocycles. The fourth-order valence-corrected chi connectivity index (χ4v) is 0.962. The lowest BCUT2D eigenvalue weighted by Crippen LogP contribution is -2.24. The molecule has 0 aliphatic heterocycles. The summed E-state index contributed by atoms with van der Waals surface area (Å²) >= 11 is 0. The van der Waals surface area contributed by atoms with Gasteiger partial charge in [0.15, 0.2) is 6.10 Å². The van der Waals surface area contributed by atoms with Crippen LogP contribution >= 0.6 is 12.4 Å². The Morgan fingerprint density at radius 1 is 1.57 bits per heavy atom. The van der Waals surface area contributed by atoms with E-state index in [4.69, 9.17) is 0 Å². The Hall–Kier alpha value is -1.13. The van der Waals surface area contributed by atoms with Crippen LogP contribution in [0.2, 0.25) is 0 Å². The van der Waals surface area contributed by atoms with Crippen molar-refractivity contribution >= 4 is 18.4 Å². The van der Waals surface area contributed by atoms with Gasteiger partial charge in [-0.15, -0.1) is 12.4 Å². The van der Waals surface area contributed by atoms with Crippen molar-refractivity contribution in [1.82, 2.24) is 4.98 Å². The van der Waals surface area contributed by atoms with Gasteiger partial charge in [0, 0.05) is 18.8 Å². The van der Waals surface area contributed by atoms with Crippen LogP contribution in [0.1, 0.15) is 5.56 Å². The largest absolute Gasteiger partial charge is 0.467 e. The summed E-state index contributed by atoms with van der Waals surface area (Å²) in [4.78, 5) is 14.6. The summed E-state index contributed by atoms with van der Waals surface area (Å²) in [5, 5.41) is 9.28. The van der Waals surface area contributed by atoms with Crippen LogP contribution in [0.5, 0.6) is 0 Å². The first kappa shape index (κ1) is 12.9. The van der Waals surface area contributed by atoms with Gasteiger partial charge in [-0.3, -0.25) is 4.98 Å². The molecule has 1 rings (SSSR count). The number of aliphatic hydroxyl groups excluding tert-OH is 1. The maximum absolute atomic E-state index is 10.8. The van der Waals surface area contributed by atoms with E-state index in [1.54, 1.807) is 24.5 Å². The van der Waals surface area contributed by atoms with Crippen LogP contribution in [-0.4, -0.2) is 29.3 Å². The third kappa shape index (κ3) is 3.72. The number of carbonyl (C=O) groups excluding carboxylic acids is 1. The van der Waals surface area contributed by atoms with E-state index >= 15 is 0 Å². The van der Waals surface area contributed by atoms with E-state index in [0.29, 0.717) is 0 Å². The summed E-state index contributed by atoms with van der Waals surface area (Å²) in [6.07, 6.45) is 2.39. The molecule has 0 fully saturated rings. The highest BCUT2D eigenvalue weighted by molar-refractivity contribution is 5.85. The number of aliphatic hydroxyl groups is 1. The van der Waals surface area contributed by atoms with Crippen molar-refractivity contribution in [2.24, 2.45) is 0 Å². The van der Waals surface area contributed by atoms with Gasteiger partial charge in [0.05, 0.1) is 7.11 Å². The van der Waals surface area contributed by atoms with E-state index in [2.05, 4.69) is 9.72 Å². The van der Waals surface area contributed by atoms with E-state index in [0.717, 1.165) is 5.56 Å². The monoisotopic (exact) mass is 217 g/mol. The molecule has 4 nitrogen and oxygen atoms in total. The summed E-state index contributed by atoms with van der Waals surface area (Å²) in [6, 6.07) is 3.48. The molecule has 78 valence electrons. The van der Waals surface area contributed by atoms with Gasteiger partial charge >= 0.3 is 5.97 Å². The Morgan fingerprint density at radius 3 is 2.64 bits per heavy atom. The predicted molar refractivity (Wildman–Crippen MR) is 53.2 cm³/mol. The van der Waals surface area contributed by atoms with E-state index in [1.807, 2.05) is 0 Å². The van der Waals surface area contributed by atoms with E-state index in [1.165, 1.54) is 7.11 Å². The number of esters is 1. The van der Waals surface area contributed by atoms with Gasteiger partial charge in [0.25, 0.3) is 0 Å². The van der Waals surface area contributed by atoms with Crippen molar-refractivity contribution < 1.29 is 14.6 Å². The molecule has 0 bridgehead atoms. The summed E-state index contributed by atoms with van der Waals surface area (Å²) in [5.41, 5.74) is 0.855. The van der Waals surface area contributed by atoms with Crippen LogP contribution in [-0.2, 0) is 16.0 Å². The molecular weight excluding hydrogens is 206 g/mol. The van der Waals surface area contributed by atoms with Crippen LogP contribution in [0.15, 0.2) is 24.5 Å². The fraction of sp³-hybridized carbons (Fsp3) is 0.333. The maximum atomic E-state index is 10.8. The molecule has 14 heavy (non-hydrogen) atoms. The molecule has 0 radical (unpaired) electrons. The third-order valence-electron chi connectivity index (χ3n) is 1.65. The number of aromatic nitrogens is 1. The molecule has 0 aromatic carbocycles. The molecule has 1 unspecified atom stereocenters. The fourth-order valence-electron chi connectivity index (χ4n) is 0.962. The topological polar surface area (TPSA) is 59.4 Å². The number of hydrogen-bond acceptors (Lipinski definition) is 4. The highest BCUT2D eigenvalue weighted by atomic mass is 35.5. The Balaban J connectivity index is 0.00000169. The molecule has 1 aromatic rings. The van der Waals surface area contributed by atoms with Crippen LogP contribution in [0, 0.1) is 0 Å². The average molecular weight is 218 g/mol. The highest BCUT2D eigenvalue weighted by Gasteiger charge is 2.15. The number of pyridine rings is 1. The van der Waals surface area contributed by atoms with E-state index < -0.39 is 12.1 Å². The SMILES string of the molecule is COC(=O)C(O)Cc1ccncc1.Cl. The Labute approximate surface area is 88.3 Å². The summed E-state index contributed by atoms with van der Waals surface area (Å²) < 4.78 is 4.38. The number of hydrogen-bond donors (Lipinski definition) is 1. The Bertz CT molecular complexity index is 279. The van der Waals surface area contributed by atoms with Gasteiger partial charge in [-0.1, -0.05) is 0 Å². The van der Waals surface area contributed by atoms with Crippen molar-refractivity contribution in [2.75, 3.05) is 7.11 Å². The molecule has 0 saturated heterocycles. The molecule has 0 saturated carbocycles. The number of halogens is 1. The van der Waals surface area contributed by atoms with Gasteiger partial charge in [-0.05, 0) is 17.7 Å². The summed E-state index contributed by atoms with van der Waals surface area (Å²) in [6.45, 7) is 0. The Kier molecular flexibility index (Phi) is 5.83. The maximum Gasteiger partial charge on any atom is 0.335 e. The third-order valence-corrected chi connectivity index (χ3v) is 1.65. The molecule has 0 amide bonds. The lowest BCUT2D eigenvalue weighted by atomic mass is 10.1. The second kappa shape index (κ2) is 6.34. The van der Waals surface area contributed by atoms with Crippen LogP contribution in [0.4, 0.5) is 0 Å². The lowest BCUT2D eigenvalue weighted by molar-refractivity contribution is -0.150. The minimum atomic E-state index is -1.09. The first-order chi connectivity index (χ1) is 6.24. The number of rotatable bonds is 3. The molecule has 0 aliphatic carbocycles. The number of nitrogens with zero attached hydrogens (tertiary/aromatic N) is 1. The van der Waals surface area contributed by atoms with Crippen molar-refractivity contribution in [2.45, 2.75) is 12.5 Å². The first-order valence-electron chi connectivity index (χ1n) is 3.89. The predicted octanol–water partition coefficient (Wildman–Crippen LogP) is 0.580. The van der Waals surface area contributed by atoms with Crippen molar-refractivity contribution in [3.05, 3.63) is 30.1 Å². The average Bonchev–Trinajstić information content (AvgIpc) is 2.18. The van der Waals surface area contributed by atoms with Crippen LogP contribution in [0.3, 0.4) is 0 Å². The van der Waals surface area contributed by atoms with Gasteiger partial charge in [-0.25, -0.2) is 4.79 Å². The Morgan fingerprint density at radius 2 is 2.14 bits per heavy atom. The molecule has 1 heterocycles. The van der Waals surface area contributed by atoms with E-state index in [-0.39, 0.29) is 18.8 Å². The molecule has 5 heteroatoms. The van der Waals surface area contributed by atoms with Crippen LogP contribution in [0.25, 0.3) is 0 Å². The highest BCUT2D eigenvalue weighted by Crippen LogP contribution is 2.02. The van der Waals surface area contributed by atoms with Gasteiger partial charge in [0.2, 0.25) is 0 Å². The van der Waals surface area contributed by atoms with Crippen molar-refractivity contribution in [1.29, 1.82) is 0 Å². The normalized spacial score (nSPS) is 11.3. The zero-order chi connectivity index (χ0) is 9.68. The zero-order valence-corrected chi connectivity index (χ0v) is 8.53. The number of methoxy groups -OCH3 is 1. The summed E-state index contributed by atoms with van der Waals surface area (Å²) in [7, 11) is 1.25. The van der Waals surface area contributed by atoms with Crippen LogP contribution < -0.4 is 0 Å². The van der Waals surface area contributed by atoms with Crippen molar-refractivity contribution in [3.8, 4) is 0 Å². The molecule has 0 spiro atoms. The number of carbonyl (C=O) groups is 1. The zero-order valence-electron chi connectivity index (χ0n) is 7.71. The van der Waals surface area contributed by atoms with Crippen molar-refractivity contribution in [3.63, 3.8) is 0 Å². The first-order valence-corrected chi connectivity index (χ1v) is 3.89. The second-order valence-electron chi connectivity index (χ2n) is 2.60. The summed E-state index contributed by atoms with van der Waals surface area (Å²) in [5.74, 6) is -0.614. The smallest absolute Gasteiger partial charge is 0.335 e. The molecule has 1 N–H and O–H groups in total. The molecule has 0 aliphatic rings. The number of ether oxygens (including phenoxy) is 1. The minimum Gasteiger partial charge on any atom is -0.467 e.